The summed E-state index contributed by atoms with van der Waals surface area (Å²) in [5.74, 6) is 1.10. The predicted molar refractivity (Wildman–Crippen MR) is 87.6 cm³/mol. The highest BCUT2D eigenvalue weighted by Crippen LogP contribution is 2.32. The molecule has 0 spiro atoms. The number of aliphatic hydroxyl groups is 1. The van der Waals surface area contributed by atoms with Crippen LogP contribution in [0.5, 0.6) is 0 Å². The lowest BCUT2D eigenvalue weighted by molar-refractivity contribution is 0.282. The monoisotopic (exact) mass is 291 g/mol. The fraction of sp³-hybridized carbons (Fsp3) is 0.706. The van der Waals surface area contributed by atoms with Gasteiger partial charge in [-0.25, -0.2) is 4.98 Å². The molecule has 0 aliphatic heterocycles. The molecule has 118 valence electrons. The van der Waals surface area contributed by atoms with Gasteiger partial charge in [0.2, 0.25) is 0 Å². The molecular weight excluding hydrogens is 262 g/mol. The molecule has 0 amide bonds. The average molecular weight is 291 g/mol. The van der Waals surface area contributed by atoms with Crippen molar-refractivity contribution in [2.45, 2.75) is 58.0 Å². The van der Waals surface area contributed by atoms with E-state index >= 15 is 0 Å². The molecule has 0 aromatic carbocycles. The van der Waals surface area contributed by atoms with Crippen molar-refractivity contribution in [2.75, 3.05) is 24.6 Å². The quantitative estimate of drug-likeness (QED) is 0.734. The molecule has 1 aromatic rings. The first-order valence-corrected chi connectivity index (χ1v) is 8.33. The van der Waals surface area contributed by atoms with Gasteiger partial charge in [-0.1, -0.05) is 13.0 Å². The highest BCUT2D eigenvalue weighted by Gasteiger charge is 2.27. The van der Waals surface area contributed by atoms with E-state index in [1.165, 1.54) is 24.8 Å². The summed E-state index contributed by atoms with van der Waals surface area (Å²) >= 11 is 0. The maximum absolute atomic E-state index is 9.17. The normalized spacial score (nSPS) is 16.5. The van der Waals surface area contributed by atoms with Crippen LogP contribution in [0.2, 0.25) is 0 Å². The third kappa shape index (κ3) is 4.17. The topological polar surface area (TPSA) is 48.4 Å². The molecule has 21 heavy (non-hydrogen) atoms. The van der Waals surface area contributed by atoms with Gasteiger partial charge in [-0.3, -0.25) is 0 Å². The van der Waals surface area contributed by atoms with Crippen molar-refractivity contribution in [3.8, 4) is 0 Å². The highest BCUT2D eigenvalue weighted by molar-refractivity contribution is 5.49. The Morgan fingerprint density at radius 3 is 2.90 bits per heavy atom. The minimum Gasteiger partial charge on any atom is -0.396 e. The Labute approximate surface area is 128 Å². The van der Waals surface area contributed by atoms with Crippen LogP contribution in [0.25, 0.3) is 0 Å². The lowest BCUT2D eigenvalue weighted by Crippen LogP contribution is -2.42. The van der Waals surface area contributed by atoms with Crippen LogP contribution in [0.4, 0.5) is 5.82 Å². The molecule has 1 atom stereocenters. The van der Waals surface area contributed by atoms with Gasteiger partial charge in [0.15, 0.2) is 0 Å². The van der Waals surface area contributed by atoms with Crippen LogP contribution in [0.3, 0.4) is 0 Å². The molecule has 4 nitrogen and oxygen atoms in total. The molecule has 0 saturated heterocycles. The molecule has 1 aliphatic carbocycles. The number of nitrogens with one attached hydrogen (secondary N) is 1. The van der Waals surface area contributed by atoms with E-state index in [1.54, 1.807) is 0 Å². The van der Waals surface area contributed by atoms with Crippen LogP contribution in [0.15, 0.2) is 18.3 Å². The Balaban J connectivity index is 2.18. The molecule has 1 heterocycles. The first kappa shape index (κ1) is 16.2. The zero-order valence-electron chi connectivity index (χ0n) is 13.4. The summed E-state index contributed by atoms with van der Waals surface area (Å²) in [5.41, 5.74) is 1.27. The van der Waals surface area contributed by atoms with Crippen molar-refractivity contribution in [3.63, 3.8) is 0 Å². The summed E-state index contributed by atoms with van der Waals surface area (Å²) in [4.78, 5) is 7.08. The van der Waals surface area contributed by atoms with Crippen molar-refractivity contribution in [1.82, 2.24) is 10.3 Å². The lowest BCUT2D eigenvalue weighted by atomic mass is 9.90. The Morgan fingerprint density at radius 2 is 2.29 bits per heavy atom. The van der Waals surface area contributed by atoms with Gasteiger partial charge in [-0.2, -0.15) is 0 Å². The Kier molecular flexibility index (Phi) is 6.46. The number of aromatic nitrogens is 1. The van der Waals surface area contributed by atoms with Crippen LogP contribution in [0.1, 0.15) is 57.6 Å². The largest absolute Gasteiger partial charge is 0.396 e. The summed E-state index contributed by atoms with van der Waals surface area (Å²) < 4.78 is 0. The van der Waals surface area contributed by atoms with Crippen LogP contribution in [0, 0.1) is 0 Å². The second-order valence-electron chi connectivity index (χ2n) is 5.95. The summed E-state index contributed by atoms with van der Waals surface area (Å²) in [6, 6.07) is 5.11. The highest BCUT2D eigenvalue weighted by atomic mass is 16.3. The van der Waals surface area contributed by atoms with Crippen molar-refractivity contribution in [1.29, 1.82) is 0 Å². The zero-order valence-corrected chi connectivity index (χ0v) is 13.4. The molecule has 1 aromatic heterocycles. The summed E-state index contributed by atoms with van der Waals surface area (Å²) in [6.45, 7) is 6.56. The second-order valence-corrected chi connectivity index (χ2v) is 5.95. The number of pyridine rings is 1. The Morgan fingerprint density at radius 1 is 1.48 bits per heavy atom. The van der Waals surface area contributed by atoms with Crippen molar-refractivity contribution in [3.05, 3.63) is 23.9 Å². The summed E-state index contributed by atoms with van der Waals surface area (Å²) in [7, 11) is 0. The molecule has 1 unspecified atom stereocenters. The number of hydrogen-bond donors (Lipinski definition) is 2. The van der Waals surface area contributed by atoms with Crippen molar-refractivity contribution < 1.29 is 5.11 Å². The van der Waals surface area contributed by atoms with Gasteiger partial charge < -0.3 is 15.3 Å². The minimum absolute atomic E-state index is 0.245. The number of nitrogens with zero attached hydrogens (tertiary/aromatic N) is 2. The predicted octanol–water partition coefficient (Wildman–Crippen LogP) is 2.88. The molecule has 4 heteroatoms. The van der Waals surface area contributed by atoms with Gasteiger partial charge >= 0.3 is 0 Å². The van der Waals surface area contributed by atoms with Crippen LogP contribution < -0.4 is 10.2 Å². The van der Waals surface area contributed by atoms with Gasteiger partial charge in [-0.15, -0.1) is 0 Å². The number of rotatable bonds is 9. The standard InChI is InChI=1S/C17H29N3O/c1-3-10-18-14(2)16-9-5-11-19-17(16)20(12-6-13-21)15-7-4-8-15/h5,9,11,14-15,18,21H,3-4,6-8,10,12-13H2,1-2H3. The fourth-order valence-electron chi connectivity index (χ4n) is 2.86. The van der Waals surface area contributed by atoms with Gasteiger partial charge in [-0.05, 0) is 51.6 Å². The van der Waals surface area contributed by atoms with Crippen molar-refractivity contribution in [2.24, 2.45) is 0 Å². The Bertz CT molecular complexity index is 420. The van der Waals surface area contributed by atoms with E-state index in [1.807, 2.05) is 12.3 Å². The minimum atomic E-state index is 0.245. The summed E-state index contributed by atoms with van der Waals surface area (Å²) in [5, 5.41) is 12.7. The third-order valence-electron chi connectivity index (χ3n) is 4.33. The van der Waals surface area contributed by atoms with E-state index in [-0.39, 0.29) is 6.61 Å². The molecule has 0 bridgehead atoms. The first-order chi connectivity index (χ1) is 10.3. The molecule has 1 aliphatic rings. The van der Waals surface area contributed by atoms with E-state index in [4.69, 9.17) is 5.11 Å². The van der Waals surface area contributed by atoms with Gasteiger partial charge in [0, 0.05) is 37.0 Å². The van der Waals surface area contributed by atoms with Crippen LogP contribution in [-0.4, -0.2) is 35.8 Å². The Hall–Kier alpha value is -1.13. The zero-order chi connectivity index (χ0) is 15.1. The van der Waals surface area contributed by atoms with Crippen LogP contribution >= 0.6 is 0 Å². The molecule has 2 N–H and O–H groups in total. The number of aliphatic hydroxyl groups excluding tert-OH is 1. The average Bonchev–Trinajstić information content (AvgIpc) is 2.47. The molecule has 1 saturated carbocycles. The molecule has 1 fully saturated rings. The van der Waals surface area contributed by atoms with Gasteiger partial charge in [0.25, 0.3) is 0 Å². The van der Waals surface area contributed by atoms with E-state index in [9.17, 15) is 0 Å². The maximum Gasteiger partial charge on any atom is 0.133 e. The molecule has 2 rings (SSSR count). The van der Waals surface area contributed by atoms with Crippen molar-refractivity contribution >= 4 is 5.82 Å². The third-order valence-corrected chi connectivity index (χ3v) is 4.33. The summed E-state index contributed by atoms with van der Waals surface area (Å²) in [6.07, 6.45) is 7.64. The van der Waals surface area contributed by atoms with E-state index in [0.29, 0.717) is 12.1 Å². The van der Waals surface area contributed by atoms with Crippen LogP contribution in [-0.2, 0) is 0 Å². The smallest absolute Gasteiger partial charge is 0.133 e. The van der Waals surface area contributed by atoms with E-state index < -0.39 is 0 Å². The first-order valence-electron chi connectivity index (χ1n) is 8.33. The van der Waals surface area contributed by atoms with E-state index in [2.05, 4.69) is 35.1 Å². The SMILES string of the molecule is CCCNC(C)c1cccnc1N(CCCO)C1CCC1. The second kappa shape index (κ2) is 8.35. The number of hydrogen-bond acceptors (Lipinski definition) is 4. The molecular formula is C17H29N3O. The molecule has 0 radical (unpaired) electrons. The maximum atomic E-state index is 9.17. The fourth-order valence-corrected chi connectivity index (χ4v) is 2.86. The lowest BCUT2D eigenvalue weighted by Gasteiger charge is -2.40. The van der Waals surface area contributed by atoms with E-state index in [0.717, 1.165) is 31.7 Å². The number of anilines is 1. The van der Waals surface area contributed by atoms with Gasteiger partial charge in [0.05, 0.1) is 0 Å². The van der Waals surface area contributed by atoms with Gasteiger partial charge in [0.1, 0.15) is 5.82 Å².